The lowest BCUT2D eigenvalue weighted by atomic mass is 9.86. The molecule has 0 saturated carbocycles. The van der Waals surface area contributed by atoms with Gasteiger partial charge in [-0.25, -0.2) is 0 Å². The Morgan fingerprint density at radius 2 is 1.63 bits per heavy atom. The number of carbonyl (C=O) groups excluding carboxylic acids is 2. The Labute approximate surface area is 161 Å². The third-order valence-corrected chi connectivity index (χ3v) is 3.92. The van der Waals surface area contributed by atoms with Crippen molar-refractivity contribution in [3.8, 4) is 5.75 Å². The van der Waals surface area contributed by atoms with Crippen LogP contribution in [0.25, 0.3) is 0 Å². The topological polar surface area (TPSA) is 67.4 Å². The molecule has 2 amide bonds. The summed E-state index contributed by atoms with van der Waals surface area (Å²) in [5.41, 5.74) is 1.84. The highest BCUT2D eigenvalue weighted by molar-refractivity contribution is 6.04. The zero-order valence-corrected chi connectivity index (χ0v) is 16.6. The minimum absolute atomic E-state index is 0.0125. The number of nitrogens with one attached hydrogen (secondary N) is 2. The van der Waals surface area contributed by atoms with Crippen molar-refractivity contribution in [1.29, 1.82) is 0 Å². The molecule has 27 heavy (non-hydrogen) atoms. The summed E-state index contributed by atoms with van der Waals surface area (Å²) >= 11 is 0. The van der Waals surface area contributed by atoms with Gasteiger partial charge in [-0.1, -0.05) is 51.1 Å². The van der Waals surface area contributed by atoms with Gasteiger partial charge in [0.15, 0.2) is 6.61 Å². The highest BCUT2D eigenvalue weighted by Crippen LogP contribution is 2.30. The second-order valence-electron chi connectivity index (χ2n) is 7.76. The number of amides is 2. The molecule has 2 rings (SSSR count). The summed E-state index contributed by atoms with van der Waals surface area (Å²) in [6, 6.07) is 14.6. The van der Waals surface area contributed by atoms with Gasteiger partial charge in [0.25, 0.3) is 11.8 Å². The molecule has 2 aromatic rings. The molecule has 2 aromatic carbocycles. The molecule has 0 radical (unpaired) electrons. The first-order valence-electron chi connectivity index (χ1n) is 9.10. The van der Waals surface area contributed by atoms with Crippen LogP contribution < -0.4 is 15.4 Å². The van der Waals surface area contributed by atoms with Crippen molar-refractivity contribution >= 4 is 17.5 Å². The number of rotatable bonds is 6. The van der Waals surface area contributed by atoms with Gasteiger partial charge in [0.05, 0.1) is 11.3 Å². The second kappa shape index (κ2) is 8.71. The highest BCUT2D eigenvalue weighted by Gasteiger charge is 2.19. The molecule has 0 atom stereocenters. The lowest BCUT2D eigenvalue weighted by Gasteiger charge is -2.22. The van der Waals surface area contributed by atoms with Crippen LogP contribution in [0.1, 0.15) is 50.5 Å². The zero-order chi connectivity index (χ0) is 20.0. The summed E-state index contributed by atoms with van der Waals surface area (Å²) in [5.74, 6) is 0.148. The minimum Gasteiger partial charge on any atom is -0.483 e. The van der Waals surface area contributed by atoms with Gasteiger partial charge >= 0.3 is 0 Å². The lowest BCUT2D eigenvalue weighted by molar-refractivity contribution is -0.118. The minimum atomic E-state index is -0.316. The zero-order valence-electron chi connectivity index (χ0n) is 16.6. The largest absolute Gasteiger partial charge is 0.483 e. The van der Waals surface area contributed by atoms with E-state index in [-0.39, 0.29) is 29.9 Å². The Morgan fingerprint density at radius 1 is 1.00 bits per heavy atom. The molecule has 5 nitrogen and oxygen atoms in total. The normalized spacial score (nSPS) is 11.2. The van der Waals surface area contributed by atoms with E-state index >= 15 is 0 Å². The SMILES string of the molecule is CC(C)NC(=O)c1ccccc1NC(=O)COc1ccccc1C(C)(C)C. The van der Waals surface area contributed by atoms with Crippen molar-refractivity contribution in [1.82, 2.24) is 5.32 Å². The summed E-state index contributed by atoms with van der Waals surface area (Å²) in [7, 11) is 0. The quantitative estimate of drug-likeness (QED) is 0.805. The summed E-state index contributed by atoms with van der Waals surface area (Å²) in [6.45, 7) is 9.93. The number of hydrogen-bond acceptors (Lipinski definition) is 3. The van der Waals surface area contributed by atoms with E-state index in [9.17, 15) is 9.59 Å². The molecule has 0 spiro atoms. The standard InChI is InChI=1S/C22H28N2O3/c1-15(2)23-21(26)16-10-6-8-12-18(16)24-20(25)14-27-19-13-9-7-11-17(19)22(3,4)5/h6-13,15H,14H2,1-5H3,(H,23,26)(H,24,25). The average Bonchev–Trinajstić information content (AvgIpc) is 2.59. The van der Waals surface area contributed by atoms with E-state index in [1.807, 2.05) is 38.1 Å². The lowest BCUT2D eigenvalue weighted by Crippen LogP contribution is -2.31. The van der Waals surface area contributed by atoms with Gasteiger partial charge in [-0.2, -0.15) is 0 Å². The maximum Gasteiger partial charge on any atom is 0.262 e. The molecular weight excluding hydrogens is 340 g/mol. The van der Waals surface area contributed by atoms with Crippen LogP contribution >= 0.6 is 0 Å². The number of benzene rings is 2. The molecule has 0 aliphatic rings. The summed E-state index contributed by atoms with van der Waals surface area (Å²) in [6.07, 6.45) is 0. The predicted molar refractivity (Wildman–Crippen MR) is 108 cm³/mol. The first-order chi connectivity index (χ1) is 12.7. The number of carbonyl (C=O) groups is 2. The molecule has 144 valence electrons. The van der Waals surface area contributed by atoms with Gasteiger partial charge in [-0.05, 0) is 43.0 Å². The van der Waals surface area contributed by atoms with Crippen LogP contribution in [0.3, 0.4) is 0 Å². The monoisotopic (exact) mass is 368 g/mol. The molecule has 5 heteroatoms. The molecule has 0 aromatic heterocycles. The fourth-order valence-corrected chi connectivity index (χ4v) is 2.67. The van der Waals surface area contributed by atoms with Crippen LogP contribution in [0, 0.1) is 0 Å². The van der Waals surface area contributed by atoms with Crippen molar-refractivity contribution < 1.29 is 14.3 Å². The van der Waals surface area contributed by atoms with Crippen molar-refractivity contribution in [2.45, 2.75) is 46.1 Å². The Morgan fingerprint density at radius 3 is 2.30 bits per heavy atom. The van der Waals surface area contributed by atoms with Crippen LogP contribution in [0.4, 0.5) is 5.69 Å². The van der Waals surface area contributed by atoms with Crippen LogP contribution in [0.2, 0.25) is 0 Å². The molecular formula is C22H28N2O3. The van der Waals surface area contributed by atoms with Crippen LogP contribution in [0.5, 0.6) is 5.75 Å². The van der Waals surface area contributed by atoms with E-state index in [1.165, 1.54) is 0 Å². The molecule has 0 unspecified atom stereocenters. The van der Waals surface area contributed by atoms with Crippen LogP contribution in [-0.2, 0) is 10.2 Å². The Hall–Kier alpha value is -2.82. The van der Waals surface area contributed by atoms with Crippen molar-refractivity contribution in [3.63, 3.8) is 0 Å². The van der Waals surface area contributed by atoms with E-state index < -0.39 is 0 Å². The van der Waals surface area contributed by atoms with Gasteiger partial charge in [-0.3, -0.25) is 9.59 Å². The molecule has 0 aliphatic carbocycles. The van der Waals surface area contributed by atoms with E-state index in [4.69, 9.17) is 4.74 Å². The molecule has 0 aliphatic heterocycles. The maximum atomic E-state index is 12.4. The highest BCUT2D eigenvalue weighted by atomic mass is 16.5. The average molecular weight is 368 g/mol. The van der Waals surface area contributed by atoms with Gasteiger partial charge < -0.3 is 15.4 Å². The molecule has 0 saturated heterocycles. The van der Waals surface area contributed by atoms with Crippen LogP contribution in [0.15, 0.2) is 48.5 Å². The third kappa shape index (κ3) is 5.84. The fraction of sp³-hybridized carbons (Fsp3) is 0.364. The van der Waals surface area contributed by atoms with Crippen molar-refractivity contribution in [3.05, 3.63) is 59.7 Å². The third-order valence-electron chi connectivity index (χ3n) is 3.92. The number of anilines is 1. The van der Waals surface area contributed by atoms with Gasteiger partial charge in [0, 0.05) is 6.04 Å². The van der Waals surface area contributed by atoms with Crippen LogP contribution in [-0.4, -0.2) is 24.5 Å². The summed E-state index contributed by atoms with van der Waals surface area (Å²) in [4.78, 5) is 24.7. The number of ether oxygens (including phenoxy) is 1. The Balaban J connectivity index is 2.07. The molecule has 0 heterocycles. The Bertz CT molecular complexity index is 807. The molecule has 2 N–H and O–H groups in total. The first kappa shape index (κ1) is 20.5. The molecule has 0 fully saturated rings. The van der Waals surface area contributed by atoms with Gasteiger partial charge in [-0.15, -0.1) is 0 Å². The second-order valence-corrected chi connectivity index (χ2v) is 7.76. The van der Waals surface area contributed by atoms with E-state index in [2.05, 4.69) is 31.4 Å². The molecule has 0 bridgehead atoms. The maximum absolute atomic E-state index is 12.4. The summed E-state index contributed by atoms with van der Waals surface area (Å²) < 4.78 is 5.75. The smallest absolute Gasteiger partial charge is 0.262 e. The predicted octanol–water partition coefficient (Wildman–Crippen LogP) is 4.14. The number of hydrogen-bond donors (Lipinski definition) is 2. The number of para-hydroxylation sites is 2. The van der Waals surface area contributed by atoms with Gasteiger partial charge in [0.1, 0.15) is 5.75 Å². The van der Waals surface area contributed by atoms with Gasteiger partial charge in [0.2, 0.25) is 0 Å². The van der Waals surface area contributed by atoms with E-state index in [0.717, 1.165) is 5.56 Å². The Kier molecular flexibility index (Phi) is 6.61. The summed E-state index contributed by atoms with van der Waals surface area (Å²) in [5, 5.41) is 5.60. The first-order valence-corrected chi connectivity index (χ1v) is 9.10. The fourth-order valence-electron chi connectivity index (χ4n) is 2.67. The van der Waals surface area contributed by atoms with E-state index in [1.54, 1.807) is 24.3 Å². The van der Waals surface area contributed by atoms with Crippen molar-refractivity contribution in [2.75, 3.05) is 11.9 Å². The van der Waals surface area contributed by atoms with E-state index in [0.29, 0.717) is 17.0 Å². The van der Waals surface area contributed by atoms with Crippen molar-refractivity contribution in [2.24, 2.45) is 0 Å².